The molecule has 18 heavy (non-hydrogen) atoms. The highest BCUT2D eigenvalue weighted by Gasteiger charge is 2.21. The molecule has 0 amide bonds. The van der Waals surface area contributed by atoms with E-state index in [0.717, 1.165) is 29.4 Å². The van der Waals surface area contributed by atoms with Crippen molar-refractivity contribution >= 4 is 0 Å². The first kappa shape index (κ1) is 13.4. The van der Waals surface area contributed by atoms with Crippen molar-refractivity contribution in [3.05, 3.63) is 29.3 Å². The summed E-state index contributed by atoms with van der Waals surface area (Å²) < 4.78 is 11.3. The monoisotopic (exact) mass is 250 g/mol. The highest BCUT2D eigenvalue weighted by molar-refractivity contribution is 5.37. The standard InChI is InChI=1S/C15H22O3/c1-3-18-15-7-6-13(11(2)16)8-14(15)10-17-9-12-4-5-12/h6-8,11-12,16H,3-5,9-10H2,1-2H3. The van der Waals surface area contributed by atoms with Crippen LogP contribution < -0.4 is 4.74 Å². The predicted molar refractivity (Wildman–Crippen MR) is 70.6 cm³/mol. The first-order valence-electron chi connectivity index (χ1n) is 6.72. The van der Waals surface area contributed by atoms with Gasteiger partial charge in [0.05, 0.1) is 19.3 Å². The van der Waals surface area contributed by atoms with Crippen LogP contribution in [-0.4, -0.2) is 18.3 Å². The molecule has 1 saturated carbocycles. The second kappa shape index (κ2) is 6.21. The fourth-order valence-electron chi connectivity index (χ4n) is 1.89. The van der Waals surface area contributed by atoms with Crippen LogP contribution >= 0.6 is 0 Å². The second-order valence-corrected chi connectivity index (χ2v) is 4.93. The van der Waals surface area contributed by atoms with Crippen molar-refractivity contribution in [3.63, 3.8) is 0 Å². The molecule has 3 heteroatoms. The minimum atomic E-state index is -0.456. The van der Waals surface area contributed by atoms with Crippen molar-refractivity contribution in [2.45, 2.75) is 39.4 Å². The molecule has 1 unspecified atom stereocenters. The summed E-state index contributed by atoms with van der Waals surface area (Å²) >= 11 is 0. The molecular weight excluding hydrogens is 228 g/mol. The summed E-state index contributed by atoms with van der Waals surface area (Å²) in [4.78, 5) is 0. The van der Waals surface area contributed by atoms with Gasteiger partial charge in [-0.3, -0.25) is 0 Å². The van der Waals surface area contributed by atoms with Crippen molar-refractivity contribution < 1.29 is 14.6 Å². The molecule has 1 aromatic carbocycles. The van der Waals surface area contributed by atoms with Crippen LogP contribution in [0.25, 0.3) is 0 Å². The summed E-state index contributed by atoms with van der Waals surface area (Å²) in [6, 6.07) is 5.80. The topological polar surface area (TPSA) is 38.7 Å². The maximum atomic E-state index is 9.61. The highest BCUT2D eigenvalue weighted by Crippen LogP contribution is 2.30. The van der Waals surface area contributed by atoms with Crippen LogP contribution in [0.2, 0.25) is 0 Å². The molecule has 0 heterocycles. The van der Waals surface area contributed by atoms with E-state index in [4.69, 9.17) is 9.47 Å². The molecule has 0 bridgehead atoms. The number of rotatable bonds is 7. The molecule has 0 saturated heterocycles. The van der Waals surface area contributed by atoms with Crippen molar-refractivity contribution in [2.24, 2.45) is 5.92 Å². The van der Waals surface area contributed by atoms with E-state index in [-0.39, 0.29) is 0 Å². The van der Waals surface area contributed by atoms with Crippen LogP contribution in [0.1, 0.15) is 43.9 Å². The summed E-state index contributed by atoms with van der Waals surface area (Å²) in [5.74, 6) is 1.62. The predicted octanol–water partition coefficient (Wildman–Crippen LogP) is 3.07. The normalized spacial score (nSPS) is 16.6. The molecule has 3 nitrogen and oxygen atoms in total. The third-order valence-corrected chi connectivity index (χ3v) is 3.17. The Balaban J connectivity index is 2.03. The highest BCUT2D eigenvalue weighted by atomic mass is 16.5. The lowest BCUT2D eigenvalue weighted by Crippen LogP contribution is -2.03. The molecule has 0 aromatic heterocycles. The molecule has 0 spiro atoms. The molecule has 2 rings (SSSR count). The van der Waals surface area contributed by atoms with Crippen LogP contribution in [0.4, 0.5) is 0 Å². The Labute approximate surface area is 109 Å². The zero-order chi connectivity index (χ0) is 13.0. The van der Waals surface area contributed by atoms with Gasteiger partial charge < -0.3 is 14.6 Å². The first-order valence-corrected chi connectivity index (χ1v) is 6.72. The van der Waals surface area contributed by atoms with Crippen LogP contribution in [-0.2, 0) is 11.3 Å². The summed E-state index contributed by atoms with van der Waals surface area (Å²) in [5, 5.41) is 9.61. The van der Waals surface area contributed by atoms with Crippen LogP contribution in [0, 0.1) is 5.92 Å². The van der Waals surface area contributed by atoms with Gasteiger partial charge in [0.1, 0.15) is 5.75 Å². The molecule has 100 valence electrons. The van der Waals surface area contributed by atoms with E-state index in [1.807, 2.05) is 25.1 Å². The Morgan fingerprint density at radius 3 is 2.78 bits per heavy atom. The van der Waals surface area contributed by atoms with Gasteiger partial charge in [-0.2, -0.15) is 0 Å². The maximum absolute atomic E-state index is 9.61. The molecular formula is C15H22O3. The third kappa shape index (κ3) is 3.72. The van der Waals surface area contributed by atoms with Gasteiger partial charge in [0.15, 0.2) is 0 Å². The Bertz CT molecular complexity index is 383. The molecule has 1 atom stereocenters. The van der Waals surface area contributed by atoms with E-state index in [2.05, 4.69) is 0 Å². The molecule has 1 aliphatic carbocycles. The molecule has 0 radical (unpaired) electrons. The molecule has 0 aliphatic heterocycles. The lowest BCUT2D eigenvalue weighted by atomic mass is 10.1. The van der Waals surface area contributed by atoms with E-state index in [1.54, 1.807) is 6.92 Å². The quantitative estimate of drug-likeness (QED) is 0.808. The SMILES string of the molecule is CCOc1ccc(C(C)O)cc1COCC1CC1. The number of aliphatic hydroxyl groups excluding tert-OH is 1. The van der Waals surface area contributed by atoms with Gasteiger partial charge in [-0.05, 0) is 50.3 Å². The fourth-order valence-corrected chi connectivity index (χ4v) is 1.89. The van der Waals surface area contributed by atoms with Gasteiger partial charge >= 0.3 is 0 Å². The zero-order valence-corrected chi connectivity index (χ0v) is 11.2. The van der Waals surface area contributed by atoms with E-state index >= 15 is 0 Å². The lowest BCUT2D eigenvalue weighted by Gasteiger charge is -2.13. The number of ether oxygens (including phenoxy) is 2. The van der Waals surface area contributed by atoms with Gasteiger partial charge in [0, 0.05) is 12.2 Å². The number of aliphatic hydroxyl groups is 1. The smallest absolute Gasteiger partial charge is 0.124 e. The number of hydrogen-bond donors (Lipinski definition) is 1. The Morgan fingerprint density at radius 1 is 1.39 bits per heavy atom. The average Bonchev–Trinajstić information content (AvgIpc) is 3.15. The zero-order valence-electron chi connectivity index (χ0n) is 11.2. The van der Waals surface area contributed by atoms with Crippen LogP contribution in [0.15, 0.2) is 18.2 Å². The molecule has 1 aliphatic rings. The first-order chi connectivity index (χ1) is 8.70. The molecule has 1 aromatic rings. The van der Waals surface area contributed by atoms with Crippen molar-refractivity contribution in [3.8, 4) is 5.75 Å². The van der Waals surface area contributed by atoms with Crippen molar-refractivity contribution in [2.75, 3.05) is 13.2 Å². The van der Waals surface area contributed by atoms with E-state index in [9.17, 15) is 5.11 Å². The van der Waals surface area contributed by atoms with Gasteiger partial charge in [0.2, 0.25) is 0 Å². The van der Waals surface area contributed by atoms with E-state index < -0.39 is 6.10 Å². The molecule has 1 fully saturated rings. The maximum Gasteiger partial charge on any atom is 0.124 e. The Morgan fingerprint density at radius 2 is 2.17 bits per heavy atom. The van der Waals surface area contributed by atoms with Gasteiger partial charge in [-0.15, -0.1) is 0 Å². The third-order valence-electron chi connectivity index (χ3n) is 3.17. The summed E-state index contributed by atoms with van der Waals surface area (Å²) in [6.45, 7) is 5.78. The van der Waals surface area contributed by atoms with Crippen molar-refractivity contribution in [1.82, 2.24) is 0 Å². The van der Waals surface area contributed by atoms with E-state index in [1.165, 1.54) is 12.8 Å². The summed E-state index contributed by atoms with van der Waals surface area (Å²) in [7, 11) is 0. The fraction of sp³-hybridized carbons (Fsp3) is 0.600. The van der Waals surface area contributed by atoms with Gasteiger partial charge in [-0.25, -0.2) is 0 Å². The minimum absolute atomic E-state index is 0.456. The lowest BCUT2D eigenvalue weighted by molar-refractivity contribution is 0.108. The largest absolute Gasteiger partial charge is 0.494 e. The van der Waals surface area contributed by atoms with Gasteiger partial charge in [-0.1, -0.05) is 6.07 Å². The van der Waals surface area contributed by atoms with E-state index in [0.29, 0.717) is 13.2 Å². The minimum Gasteiger partial charge on any atom is -0.494 e. The van der Waals surface area contributed by atoms with Crippen LogP contribution in [0.5, 0.6) is 5.75 Å². The Kier molecular flexibility index (Phi) is 4.61. The number of hydrogen-bond acceptors (Lipinski definition) is 3. The van der Waals surface area contributed by atoms with Crippen LogP contribution in [0.3, 0.4) is 0 Å². The summed E-state index contributed by atoms with van der Waals surface area (Å²) in [5.41, 5.74) is 1.93. The summed E-state index contributed by atoms with van der Waals surface area (Å²) in [6.07, 6.45) is 2.14. The van der Waals surface area contributed by atoms with Crippen molar-refractivity contribution in [1.29, 1.82) is 0 Å². The van der Waals surface area contributed by atoms with Gasteiger partial charge in [0.25, 0.3) is 0 Å². The Hall–Kier alpha value is -1.06. The molecule has 1 N–H and O–H groups in total. The second-order valence-electron chi connectivity index (χ2n) is 4.93. The number of benzene rings is 1. The average molecular weight is 250 g/mol.